The minimum Gasteiger partial charge on any atom is -0.489 e. The first kappa shape index (κ1) is 15.3. The van der Waals surface area contributed by atoms with Crippen molar-refractivity contribution in [3.8, 4) is 5.75 Å². The minimum absolute atomic E-state index is 0. The molecule has 0 amide bonds. The molecule has 13 heavy (non-hydrogen) atoms. The van der Waals surface area contributed by atoms with Crippen LogP contribution in [0.5, 0.6) is 5.75 Å². The van der Waals surface area contributed by atoms with Crippen molar-refractivity contribution in [1.29, 1.82) is 0 Å². The van der Waals surface area contributed by atoms with Gasteiger partial charge in [0, 0.05) is 41.2 Å². The molecule has 1 aliphatic heterocycles. The second kappa shape index (κ2) is 7.28. The van der Waals surface area contributed by atoms with Crippen LogP contribution in [0.15, 0.2) is 30.3 Å². The first-order valence-corrected chi connectivity index (χ1v) is 3.35. The Kier molecular flexibility index (Phi) is 8.60. The number of para-hydroxylation sites is 1. The second-order valence-electron chi connectivity index (χ2n) is 2.25. The van der Waals surface area contributed by atoms with Crippen molar-refractivity contribution >= 4 is 6.08 Å². The normalized spacial score (nSPS) is 10.8. The summed E-state index contributed by atoms with van der Waals surface area (Å²) in [4.78, 5) is 0. The summed E-state index contributed by atoms with van der Waals surface area (Å²) in [6.07, 6.45) is 4.10. The zero-order valence-corrected chi connectivity index (χ0v) is 8.88. The van der Waals surface area contributed by atoms with Crippen molar-refractivity contribution in [3.05, 3.63) is 35.9 Å². The Morgan fingerprint density at radius 3 is 2.54 bits per heavy atom. The van der Waals surface area contributed by atoms with Crippen LogP contribution in [0.1, 0.15) is 13.0 Å². The van der Waals surface area contributed by atoms with Crippen LogP contribution in [-0.2, 0) is 35.6 Å². The van der Waals surface area contributed by atoms with Gasteiger partial charge in [-0.05, 0) is 12.1 Å². The maximum Gasteiger partial charge on any atom is 0.126 e. The molecular formula is C10H12FeOV. The topological polar surface area (TPSA) is 9.23 Å². The van der Waals surface area contributed by atoms with E-state index in [0.29, 0.717) is 6.61 Å². The number of fused-ring (bicyclic) bond motifs is 1. The molecule has 1 radical (unpaired) electrons. The van der Waals surface area contributed by atoms with Crippen molar-refractivity contribution in [1.82, 2.24) is 0 Å². The molecular weight excluding hydrogens is 243 g/mol. The summed E-state index contributed by atoms with van der Waals surface area (Å²) in [5.41, 5.74) is 1.17. The number of rotatable bonds is 0. The predicted molar refractivity (Wildman–Crippen MR) is 47.7 cm³/mol. The zero-order valence-electron chi connectivity index (χ0n) is 6.38. The van der Waals surface area contributed by atoms with E-state index in [2.05, 4.69) is 6.08 Å². The zero-order chi connectivity index (χ0) is 6.81. The molecule has 3 heteroatoms. The van der Waals surface area contributed by atoms with Gasteiger partial charge in [-0.2, -0.15) is 0 Å². The van der Waals surface area contributed by atoms with Crippen LogP contribution in [0.3, 0.4) is 0 Å². The molecule has 0 fully saturated rings. The van der Waals surface area contributed by atoms with E-state index in [1.54, 1.807) is 0 Å². The summed E-state index contributed by atoms with van der Waals surface area (Å²) in [6.45, 7) is 0.705. The molecule has 1 aliphatic rings. The standard InChI is InChI=1S/C9H8O.CH4.Fe.V/c1-2-6-9-8(4-1)5-3-7-10-9;;;/h1-6H,7H2;1H4;;. The van der Waals surface area contributed by atoms with E-state index in [0.717, 1.165) is 5.75 Å². The van der Waals surface area contributed by atoms with E-state index < -0.39 is 0 Å². The quantitative estimate of drug-likeness (QED) is 0.647. The average molecular weight is 255 g/mol. The summed E-state index contributed by atoms with van der Waals surface area (Å²) in [5, 5.41) is 0. The van der Waals surface area contributed by atoms with Crippen LogP contribution in [0.2, 0.25) is 0 Å². The fraction of sp³-hybridized carbons (Fsp3) is 0.200. The van der Waals surface area contributed by atoms with E-state index in [1.165, 1.54) is 5.56 Å². The average Bonchev–Trinajstić information content (AvgIpc) is 2.05. The van der Waals surface area contributed by atoms with E-state index >= 15 is 0 Å². The van der Waals surface area contributed by atoms with Crippen LogP contribution >= 0.6 is 0 Å². The molecule has 0 saturated heterocycles. The third kappa shape index (κ3) is 3.62. The van der Waals surface area contributed by atoms with Crippen LogP contribution in [0.4, 0.5) is 0 Å². The minimum atomic E-state index is 0. The van der Waals surface area contributed by atoms with Crippen LogP contribution < -0.4 is 4.74 Å². The van der Waals surface area contributed by atoms with Gasteiger partial charge in [-0.15, -0.1) is 0 Å². The Morgan fingerprint density at radius 1 is 1.15 bits per heavy atom. The molecule has 0 aliphatic carbocycles. The maximum absolute atomic E-state index is 5.34. The Hall–Kier alpha value is -0.136. The second-order valence-corrected chi connectivity index (χ2v) is 2.25. The monoisotopic (exact) mass is 255 g/mol. The van der Waals surface area contributed by atoms with Gasteiger partial charge in [-0.3, -0.25) is 0 Å². The van der Waals surface area contributed by atoms with Crippen molar-refractivity contribution in [2.45, 2.75) is 7.43 Å². The van der Waals surface area contributed by atoms with Crippen molar-refractivity contribution in [3.63, 3.8) is 0 Å². The van der Waals surface area contributed by atoms with Gasteiger partial charge in [-0.1, -0.05) is 31.7 Å². The molecule has 1 aromatic rings. The fourth-order valence-electron chi connectivity index (χ4n) is 1.06. The molecule has 0 unspecified atom stereocenters. The van der Waals surface area contributed by atoms with Gasteiger partial charge >= 0.3 is 0 Å². The molecule has 0 aromatic heterocycles. The third-order valence-corrected chi connectivity index (χ3v) is 1.55. The molecule has 0 atom stereocenters. The Labute approximate surface area is 102 Å². The van der Waals surface area contributed by atoms with E-state index in [9.17, 15) is 0 Å². The molecule has 0 saturated carbocycles. The molecule has 1 aromatic carbocycles. The van der Waals surface area contributed by atoms with Crippen LogP contribution in [0, 0.1) is 0 Å². The number of hydrogen-bond donors (Lipinski definition) is 0. The largest absolute Gasteiger partial charge is 0.489 e. The summed E-state index contributed by atoms with van der Waals surface area (Å²) < 4.78 is 5.34. The van der Waals surface area contributed by atoms with Crippen molar-refractivity contribution in [2.75, 3.05) is 6.61 Å². The molecule has 0 bridgehead atoms. The molecule has 0 N–H and O–H groups in total. The van der Waals surface area contributed by atoms with E-state index in [1.807, 2.05) is 30.3 Å². The summed E-state index contributed by atoms with van der Waals surface area (Å²) >= 11 is 0. The smallest absolute Gasteiger partial charge is 0.126 e. The Bertz CT molecular complexity index is 273. The van der Waals surface area contributed by atoms with Gasteiger partial charge in [0.05, 0.1) is 0 Å². The van der Waals surface area contributed by atoms with Gasteiger partial charge in [0.15, 0.2) is 0 Å². The van der Waals surface area contributed by atoms with Gasteiger partial charge in [0.2, 0.25) is 0 Å². The van der Waals surface area contributed by atoms with E-state index in [-0.39, 0.29) is 43.1 Å². The first-order chi connectivity index (χ1) is 4.97. The van der Waals surface area contributed by atoms with Gasteiger partial charge < -0.3 is 4.74 Å². The summed E-state index contributed by atoms with van der Waals surface area (Å²) in [5.74, 6) is 0.991. The van der Waals surface area contributed by atoms with Gasteiger partial charge in [-0.25, -0.2) is 0 Å². The van der Waals surface area contributed by atoms with Crippen LogP contribution in [0.25, 0.3) is 6.08 Å². The van der Waals surface area contributed by atoms with Crippen LogP contribution in [-0.4, -0.2) is 6.61 Å². The molecule has 1 heterocycles. The van der Waals surface area contributed by atoms with Crippen molar-refractivity contribution < 1.29 is 40.4 Å². The predicted octanol–water partition coefficient (Wildman–Crippen LogP) is 2.72. The third-order valence-electron chi connectivity index (χ3n) is 1.55. The molecule has 71 valence electrons. The first-order valence-electron chi connectivity index (χ1n) is 3.35. The summed E-state index contributed by atoms with van der Waals surface area (Å²) in [7, 11) is 0. The molecule has 0 spiro atoms. The van der Waals surface area contributed by atoms with Gasteiger partial charge in [0.1, 0.15) is 12.4 Å². The number of ether oxygens (including phenoxy) is 1. The fourth-order valence-corrected chi connectivity index (χ4v) is 1.06. The summed E-state index contributed by atoms with van der Waals surface area (Å²) in [6, 6.07) is 8.03. The number of hydrogen-bond acceptors (Lipinski definition) is 1. The molecule has 2 rings (SSSR count). The SMILES string of the molecule is C.C1=Cc2ccccc2OC1.[Fe].[V]. The number of benzene rings is 1. The Morgan fingerprint density at radius 2 is 1.85 bits per heavy atom. The van der Waals surface area contributed by atoms with E-state index in [4.69, 9.17) is 4.74 Å². The van der Waals surface area contributed by atoms with Crippen molar-refractivity contribution in [2.24, 2.45) is 0 Å². The van der Waals surface area contributed by atoms with Gasteiger partial charge in [0.25, 0.3) is 0 Å². The molecule has 1 nitrogen and oxygen atoms in total. The maximum atomic E-state index is 5.34. The Balaban J connectivity index is 0.